The van der Waals surface area contributed by atoms with Crippen molar-refractivity contribution >= 4 is 28.3 Å². The van der Waals surface area contributed by atoms with Gasteiger partial charge in [-0.05, 0) is 25.8 Å². The average Bonchev–Trinajstić information content (AvgIpc) is 2.92. The van der Waals surface area contributed by atoms with E-state index in [-0.39, 0.29) is 17.9 Å². The molecular formula is C13H18N4O2S. The van der Waals surface area contributed by atoms with E-state index in [1.165, 1.54) is 18.3 Å². The summed E-state index contributed by atoms with van der Waals surface area (Å²) in [5.74, 6) is -0.175. The van der Waals surface area contributed by atoms with Crippen LogP contribution >= 0.6 is 11.3 Å². The molecule has 2 bridgehead atoms. The molecule has 0 spiro atoms. The Balaban J connectivity index is 1.78. The Hall–Kier alpha value is -1.47. The largest absolute Gasteiger partial charge is 0.330 e. The predicted molar refractivity (Wildman–Crippen MR) is 76.9 cm³/mol. The van der Waals surface area contributed by atoms with Crippen LogP contribution in [0, 0.1) is 0 Å². The van der Waals surface area contributed by atoms with Crippen molar-refractivity contribution in [1.82, 2.24) is 15.2 Å². The fourth-order valence-electron chi connectivity index (χ4n) is 3.03. The zero-order valence-electron chi connectivity index (χ0n) is 11.4. The first-order valence-electron chi connectivity index (χ1n) is 6.91. The molecule has 0 aliphatic carbocycles. The number of nitrogens with one attached hydrogen (secondary N) is 2. The van der Waals surface area contributed by atoms with Gasteiger partial charge in [0.1, 0.15) is 5.69 Å². The van der Waals surface area contributed by atoms with Crippen LogP contribution in [0.5, 0.6) is 0 Å². The van der Waals surface area contributed by atoms with Crippen LogP contribution in [0.15, 0.2) is 5.38 Å². The molecule has 3 rings (SSSR count). The molecule has 108 valence electrons. The number of nitrogens with zero attached hydrogens (tertiary/aromatic N) is 2. The fraction of sp³-hybridized carbons (Fsp3) is 0.615. The highest BCUT2D eigenvalue weighted by Gasteiger charge is 2.39. The van der Waals surface area contributed by atoms with Crippen LogP contribution < -0.4 is 10.6 Å². The third-order valence-corrected chi connectivity index (χ3v) is 4.65. The molecule has 0 aromatic carbocycles. The third kappa shape index (κ3) is 2.55. The molecule has 7 heteroatoms. The molecule has 2 fully saturated rings. The van der Waals surface area contributed by atoms with Crippen molar-refractivity contribution in [2.75, 3.05) is 18.4 Å². The standard InChI is InChI=1S/C13H18N4O2S/c1-8(18)15-13-16-11(7-20-13)12(19)17-9-2-3-10(17)6-14-5-4-9/h7,9-10,14H,2-6H2,1H3,(H,15,16,18). The highest BCUT2D eigenvalue weighted by Crippen LogP contribution is 2.30. The number of amides is 2. The Morgan fingerprint density at radius 2 is 2.20 bits per heavy atom. The van der Waals surface area contributed by atoms with E-state index in [0.717, 1.165) is 32.4 Å². The summed E-state index contributed by atoms with van der Waals surface area (Å²) >= 11 is 1.29. The van der Waals surface area contributed by atoms with Gasteiger partial charge in [-0.15, -0.1) is 11.3 Å². The van der Waals surface area contributed by atoms with Crippen molar-refractivity contribution in [3.8, 4) is 0 Å². The molecule has 0 radical (unpaired) electrons. The normalized spacial score (nSPS) is 25.4. The zero-order valence-corrected chi connectivity index (χ0v) is 12.2. The van der Waals surface area contributed by atoms with E-state index in [1.807, 2.05) is 4.90 Å². The number of hydrogen-bond acceptors (Lipinski definition) is 5. The first-order valence-corrected chi connectivity index (χ1v) is 7.79. The van der Waals surface area contributed by atoms with Gasteiger partial charge in [0, 0.05) is 30.9 Å². The Kier molecular flexibility index (Phi) is 3.71. The number of hydrogen-bond donors (Lipinski definition) is 2. The van der Waals surface area contributed by atoms with Crippen molar-refractivity contribution in [2.45, 2.75) is 38.3 Å². The van der Waals surface area contributed by atoms with E-state index < -0.39 is 0 Å². The predicted octanol–water partition coefficient (Wildman–Crippen LogP) is 1.07. The summed E-state index contributed by atoms with van der Waals surface area (Å²) in [5, 5.41) is 8.21. The second kappa shape index (κ2) is 5.49. The second-order valence-electron chi connectivity index (χ2n) is 5.31. The monoisotopic (exact) mass is 294 g/mol. The van der Waals surface area contributed by atoms with Crippen molar-refractivity contribution in [3.05, 3.63) is 11.1 Å². The molecule has 2 unspecified atom stereocenters. The molecule has 2 N–H and O–H groups in total. The van der Waals surface area contributed by atoms with Gasteiger partial charge in [-0.3, -0.25) is 9.59 Å². The molecule has 6 nitrogen and oxygen atoms in total. The summed E-state index contributed by atoms with van der Waals surface area (Å²) in [5.41, 5.74) is 0.442. The van der Waals surface area contributed by atoms with Gasteiger partial charge >= 0.3 is 0 Å². The Bertz CT molecular complexity index is 516. The van der Waals surface area contributed by atoms with E-state index in [9.17, 15) is 9.59 Å². The summed E-state index contributed by atoms with van der Waals surface area (Å²) < 4.78 is 0. The smallest absolute Gasteiger partial charge is 0.273 e. The lowest BCUT2D eigenvalue weighted by molar-refractivity contribution is -0.114. The molecule has 3 heterocycles. The first-order chi connectivity index (χ1) is 9.65. The number of carbonyl (C=O) groups is 2. The van der Waals surface area contributed by atoms with E-state index in [1.54, 1.807) is 5.38 Å². The SMILES string of the molecule is CC(=O)Nc1nc(C(=O)N2C3CCNCC2CC3)cs1. The molecule has 2 aliphatic heterocycles. The van der Waals surface area contributed by atoms with Gasteiger partial charge < -0.3 is 15.5 Å². The molecule has 1 aromatic rings. The number of aromatic nitrogens is 1. The van der Waals surface area contributed by atoms with Gasteiger partial charge in [-0.25, -0.2) is 4.98 Å². The molecule has 20 heavy (non-hydrogen) atoms. The topological polar surface area (TPSA) is 74.3 Å². The number of carbonyl (C=O) groups excluding carboxylic acids is 2. The summed E-state index contributed by atoms with van der Waals surface area (Å²) in [6.07, 6.45) is 3.15. The lowest BCUT2D eigenvalue weighted by Gasteiger charge is -2.27. The molecule has 2 saturated heterocycles. The van der Waals surface area contributed by atoms with Crippen LogP contribution in [0.25, 0.3) is 0 Å². The van der Waals surface area contributed by atoms with E-state index in [4.69, 9.17) is 0 Å². The van der Waals surface area contributed by atoms with E-state index in [2.05, 4.69) is 15.6 Å². The average molecular weight is 294 g/mol. The minimum Gasteiger partial charge on any atom is -0.330 e. The quantitative estimate of drug-likeness (QED) is 0.855. The minimum atomic E-state index is -0.169. The van der Waals surface area contributed by atoms with Crippen LogP contribution in [0.4, 0.5) is 5.13 Å². The van der Waals surface area contributed by atoms with Crippen LogP contribution in [0.3, 0.4) is 0 Å². The minimum absolute atomic E-state index is 0.00551. The van der Waals surface area contributed by atoms with Gasteiger partial charge in [0.2, 0.25) is 5.91 Å². The van der Waals surface area contributed by atoms with Crippen LogP contribution in [-0.2, 0) is 4.79 Å². The van der Waals surface area contributed by atoms with E-state index >= 15 is 0 Å². The Morgan fingerprint density at radius 1 is 1.40 bits per heavy atom. The summed E-state index contributed by atoms with van der Waals surface area (Å²) in [6.45, 7) is 3.27. The van der Waals surface area contributed by atoms with Crippen molar-refractivity contribution in [3.63, 3.8) is 0 Å². The van der Waals surface area contributed by atoms with Crippen molar-refractivity contribution in [1.29, 1.82) is 0 Å². The second-order valence-corrected chi connectivity index (χ2v) is 6.17. The van der Waals surface area contributed by atoms with Gasteiger partial charge in [-0.1, -0.05) is 0 Å². The zero-order chi connectivity index (χ0) is 14.1. The number of anilines is 1. The lowest BCUT2D eigenvalue weighted by Crippen LogP contribution is -2.42. The maximum absolute atomic E-state index is 12.6. The summed E-state index contributed by atoms with van der Waals surface area (Å²) in [7, 11) is 0. The lowest BCUT2D eigenvalue weighted by atomic mass is 10.1. The highest BCUT2D eigenvalue weighted by atomic mass is 32.1. The van der Waals surface area contributed by atoms with Gasteiger partial charge in [0.05, 0.1) is 0 Å². The Labute approximate surface area is 121 Å². The van der Waals surface area contributed by atoms with Crippen molar-refractivity contribution < 1.29 is 9.59 Å². The maximum atomic E-state index is 12.6. The molecule has 1 aromatic heterocycles. The van der Waals surface area contributed by atoms with Crippen LogP contribution in [-0.4, -0.2) is 46.9 Å². The highest BCUT2D eigenvalue weighted by molar-refractivity contribution is 7.14. The molecular weight excluding hydrogens is 276 g/mol. The molecule has 2 amide bonds. The van der Waals surface area contributed by atoms with Gasteiger partial charge in [-0.2, -0.15) is 0 Å². The Morgan fingerprint density at radius 3 is 3.00 bits per heavy atom. The molecule has 2 atom stereocenters. The van der Waals surface area contributed by atoms with Crippen LogP contribution in [0.1, 0.15) is 36.7 Å². The van der Waals surface area contributed by atoms with Gasteiger partial charge in [0.15, 0.2) is 5.13 Å². The third-order valence-electron chi connectivity index (χ3n) is 3.89. The molecule has 2 aliphatic rings. The van der Waals surface area contributed by atoms with Crippen LogP contribution in [0.2, 0.25) is 0 Å². The fourth-order valence-corrected chi connectivity index (χ4v) is 3.76. The number of rotatable bonds is 2. The van der Waals surface area contributed by atoms with Gasteiger partial charge in [0.25, 0.3) is 5.91 Å². The number of thiazole rings is 1. The first kappa shape index (κ1) is 13.5. The summed E-state index contributed by atoms with van der Waals surface area (Å²) in [4.78, 5) is 29.9. The van der Waals surface area contributed by atoms with E-state index in [0.29, 0.717) is 16.9 Å². The number of fused-ring (bicyclic) bond motifs is 2. The maximum Gasteiger partial charge on any atom is 0.273 e. The summed E-state index contributed by atoms with van der Waals surface area (Å²) in [6, 6.07) is 0.606. The van der Waals surface area contributed by atoms with Crippen molar-refractivity contribution in [2.24, 2.45) is 0 Å². The molecule has 0 saturated carbocycles.